The molecule has 3 nitrogen and oxygen atoms in total. The van der Waals surface area contributed by atoms with Crippen LogP contribution >= 0.6 is 0 Å². The van der Waals surface area contributed by atoms with E-state index in [1.54, 1.807) is 0 Å². The Labute approximate surface area is 110 Å². The summed E-state index contributed by atoms with van der Waals surface area (Å²) in [5, 5.41) is 3.30. The number of anilines is 1. The second-order valence-electron chi connectivity index (χ2n) is 5.99. The van der Waals surface area contributed by atoms with Gasteiger partial charge in [-0.15, -0.1) is 0 Å². The normalized spacial score (nSPS) is 22.1. The molecule has 0 aliphatic carbocycles. The summed E-state index contributed by atoms with van der Waals surface area (Å²) in [7, 11) is -3.15. The predicted octanol–water partition coefficient (Wildman–Crippen LogP) is 2.96. The molecule has 0 radical (unpaired) electrons. The van der Waals surface area contributed by atoms with E-state index < -0.39 is 9.84 Å². The Morgan fingerprint density at radius 3 is 2.56 bits per heavy atom. The molecule has 1 N–H and O–H groups in total. The molecule has 1 unspecified atom stereocenters. The molecular weight excluding hydrogens is 246 g/mol. The van der Waals surface area contributed by atoms with Crippen LogP contribution in [0.1, 0.15) is 39.7 Å². The van der Waals surface area contributed by atoms with Crippen LogP contribution in [0.5, 0.6) is 0 Å². The van der Waals surface area contributed by atoms with Crippen molar-refractivity contribution in [3.8, 4) is 0 Å². The fraction of sp³-hybridized carbons (Fsp3) is 0.571. The van der Waals surface area contributed by atoms with Crippen molar-refractivity contribution in [2.24, 2.45) is 0 Å². The van der Waals surface area contributed by atoms with Crippen molar-refractivity contribution < 1.29 is 8.42 Å². The quantitative estimate of drug-likeness (QED) is 0.851. The Hall–Kier alpha value is -1.03. The highest BCUT2D eigenvalue weighted by molar-refractivity contribution is 7.91. The molecule has 100 valence electrons. The first-order chi connectivity index (χ1) is 8.24. The molecule has 0 bridgehead atoms. The molecule has 0 fully saturated rings. The maximum Gasteiger partial charge on any atom is 0.182 e. The van der Waals surface area contributed by atoms with E-state index >= 15 is 0 Å². The molecule has 2 rings (SSSR count). The average molecular weight is 267 g/mol. The molecular formula is C14H21NO2S. The second-order valence-corrected chi connectivity index (χ2v) is 7.99. The van der Waals surface area contributed by atoms with Crippen LogP contribution in [0, 0.1) is 0 Å². The largest absolute Gasteiger partial charge is 0.380 e. The smallest absolute Gasteiger partial charge is 0.182 e. The van der Waals surface area contributed by atoms with Gasteiger partial charge in [-0.05, 0) is 29.5 Å². The molecule has 0 aromatic heterocycles. The fourth-order valence-corrected chi connectivity index (χ4v) is 4.00. The van der Waals surface area contributed by atoms with Crippen molar-refractivity contribution in [1.29, 1.82) is 0 Å². The van der Waals surface area contributed by atoms with Gasteiger partial charge in [-0.25, -0.2) is 8.42 Å². The number of hydrogen-bond donors (Lipinski definition) is 1. The molecule has 1 heterocycles. The van der Waals surface area contributed by atoms with Crippen molar-refractivity contribution in [3.05, 3.63) is 23.8 Å². The van der Waals surface area contributed by atoms with Crippen molar-refractivity contribution in [1.82, 2.24) is 0 Å². The Bertz CT molecular complexity index is 556. The van der Waals surface area contributed by atoms with Gasteiger partial charge in [-0.1, -0.05) is 33.8 Å². The van der Waals surface area contributed by atoms with Crippen LogP contribution in [-0.2, 0) is 15.3 Å². The Balaban J connectivity index is 2.54. The lowest BCUT2D eigenvalue weighted by atomic mass is 9.87. The van der Waals surface area contributed by atoms with E-state index in [-0.39, 0.29) is 17.2 Å². The van der Waals surface area contributed by atoms with E-state index in [4.69, 9.17) is 0 Å². The SMILES string of the molecule is CCC1CS(=O)(=O)c2cc(C(C)(C)C)ccc2N1. The monoisotopic (exact) mass is 267 g/mol. The molecule has 1 aliphatic rings. The summed E-state index contributed by atoms with van der Waals surface area (Å²) in [4.78, 5) is 0.458. The second kappa shape index (κ2) is 4.26. The molecule has 0 spiro atoms. The van der Waals surface area contributed by atoms with Gasteiger partial charge in [0.25, 0.3) is 0 Å². The third-order valence-electron chi connectivity index (χ3n) is 3.46. The molecule has 1 aromatic rings. The number of rotatable bonds is 1. The van der Waals surface area contributed by atoms with E-state index in [9.17, 15) is 8.42 Å². The molecule has 0 amide bonds. The number of sulfone groups is 1. The summed E-state index contributed by atoms with van der Waals surface area (Å²) in [6.07, 6.45) is 0.819. The maximum absolute atomic E-state index is 12.3. The van der Waals surface area contributed by atoms with Crippen LogP contribution < -0.4 is 5.32 Å². The Morgan fingerprint density at radius 2 is 2.00 bits per heavy atom. The first-order valence-electron chi connectivity index (χ1n) is 6.38. The Kier molecular flexibility index (Phi) is 3.18. The number of benzene rings is 1. The third kappa shape index (κ3) is 2.39. The minimum Gasteiger partial charge on any atom is -0.380 e. The number of nitrogens with one attached hydrogen (secondary N) is 1. The zero-order chi connectivity index (χ0) is 13.6. The minimum atomic E-state index is -3.15. The molecule has 0 saturated carbocycles. The number of hydrogen-bond acceptors (Lipinski definition) is 3. The summed E-state index contributed by atoms with van der Waals surface area (Å²) in [5.41, 5.74) is 1.77. The van der Waals surface area contributed by atoms with Crippen molar-refractivity contribution >= 4 is 15.5 Å². The standard InChI is InChI=1S/C14H21NO2S/c1-5-11-9-18(16,17)13-8-10(14(2,3)4)6-7-12(13)15-11/h6-8,11,15H,5,9H2,1-4H3. The molecule has 1 atom stereocenters. The van der Waals surface area contributed by atoms with E-state index in [0.29, 0.717) is 4.90 Å². The van der Waals surface area contributed by atoms with Crippen LogP contribution in [-0.4, -0.2) is 20.2 Å². The van der Waals surface area contributed by atoms with Gasteiger partial charge in [0.2, 0.25) is 0 Å². The van der Waals surface area contributed by atoms with Gasteiger partial charge in [0.05, 0.1) is 16.3 Å². The average Bonchev–Trinajstić information content (AvgIpc) is 2.26. The van der Waals surface area contributed by atoms with E-state index in [1.807, 2.05) is 25.1 Å². The van der Waals surface area contributed by atoms with Crippen molar-refractivity contribution in [3.63, 3.8) is 0 Å². The minimum absolute atomic E-state index is 0.0305. The van der Waals surface area contributed by atoms with E-state index in [1.165, 1.54) is 0 Å². The van der Waals surface area contributed by atoms with Crippen molar-refractivity contribution in [2.75, 3.05) is 11.1 Å². The Morgan fingerprint density at radius 1 is 1.33 bits per heavy atom. The topological polar surface area (TPSA) is 46.2 Å². The van der Waals surface area contributed by atoms with Crippen LogP contribution in [0.2, 0.25) is 0 Å². The summed E-state index contributed by atoms with van der Waals surface area (Å²) >= 11 is 0. The van der Waals surface area contributed by atoms with Gasteiger partial charge in [0, 0.05) is 6.04 Å². The summed E-state index contributed by atoms with van der Waals surface area (Å²) in [6, 6.07) is 5.76. The molecule has 0 saturated heterocycles. The lowest BCUT2D eigenvalue weighted by Gasteiger charge is -2.28. The zero-order valence-corrected chi connectivity index (χ0v) is 12.3. The first-order valence-corrected chi connectivity index (χ1v) is 8.03. The molecule has 4 heteroatoms. The van der Waals surface area contributed by atoms with Crippen LogP contribution in [0.25, 0.3) is 0 Å². The molecule has 1 aromatic carbocycles. The fourth-order valence-electron chi connectivity index (χ4n) is 2.20. The van der Waals surface area contributed by atoms with Crippen LogP contribution in [0.3, 0.4) is 0 Å². The maximum atomic E-state index is 12.3. The lowest BCUT2D eigenvalue weighted by Crippen LogP contribution is -2.33. The van der Waals surface area contributed by atoms with Gasteiger partial charge in [0.15, 0.2) is 9.84 Å². The van der Waals surface area contributed by atoms with Gasteiger partial charge in [-0.3, -0.25) is 0 Å². The van der Waals surface area contributed by atoms with Gasteiger partial charge < -0.3 is 5.32 Å². The van der Waals surface area contributed by atoms with Gasteiger partial charge in [0.1, 0.15) is 0 Å². The van der Waals surface area contributed by atoms with Gasteiger partial charge >= 0.3 is 0 Å². The zero-order valence-electron chi connectivity index (χ0n) is 11.4. The van der Waals surface area contributed by atoms with Crippen LogP contribution in [0.4, 0.5) is 5.69 Å². The highest BCUT2D eigenvalue weighted by atomic mass is 32.2. The highest BCUT2D eigenvalue weighted by Crippen LogP contribution is 2.33. The summed E-state index contributed by atoms with van der Waals surface area (Å²) in [5.74, 6) is 0.199. The molecule has 1 aliphatic heterocycles. The third-order valence-corrected chi connectivity index (χ3v) is 5.30. The van der Waals surface area contributed by atoms with Crippen molar-refractivity contribution in [2.45, 2.75) is 50.5 Å². The van der Waals surface area contributed by atoms with Crippen LogP contribution in [0.15, 0.2) is 23.1 Å². The number of fused-ring (bicyclic) bond motifs is 1. The lowest BCUT2D eigenvalue weighted by molar-refractivity contribution is 0.576. The van der Waals surface area contributed by atoms with E-state index in [0.717, 1.165) is 17.7 Å². The molecule has 18 heavy (non-hydrogen) atoms. The summed E-state index contributed by atoms with van der Waals surface area (Å²) < 4.78 is 24.6. The predicted molar refractivity (Wildman–Crippen MR) is 74.9 cm³/mol. The first kappa shape index (κ1) is 13.4. The summed E-state index contributed by atoms with van der Waals surface area (Å²) in [6.45, 7) is 8.27. The highest BCUT2D eigenvalue weighted by Gasteiger charge is 2.30. The van der Waals surface area contributed by atoms with E-state index in [2.05, 4.69) is 26.1 Å². The van der Waals surface area contributed by atoms with Gasteiger partial charge in [-0.2, -0.15) is 0 Å².